The lowest BCUT2D eigenvalue weighted by Crippen LogP contribution is -2.42. The van der Waals surface area contributed by atoms with Gasteiger partial charge < -0.3 is 15.4 Å². The molecule has 1 amide bonds. The summed E-state index contributed by atoms with van der Waals surface area (Å²) in [5, 5.41) is 15.3. The number of aromatic amines is 1. The van der Waals surface area contributed by atoms with Gasteiger partial charge in [-0.05, 0) is 75.4 Å². The van der Waals surface area contributed by atoms with Crippen LogP contribution in [-0.4, -0.2) is 42.5 Å². The Balaban J connectivity index is 1.34. The normalized spacial score (nSPS) is 19.1. The smallest absolute Gasteiger partial charge is 0.411 e. The molecule has 0 spiro atoms. The highest BCUT2D eigenvalue weighted by Gasteiger charge is 2.29. The lowest BCUT2D eigenvalue weighted by molar-refractivity contribution is 0.0707. The monoisotopic (exact) mass is 542 g/mol. The number of benzene rings is 2. The molecule has 40 heavy (non-hydrogen) atoms. The van der Waals surface area contributed by atoms with Crippen molar-refractivity contribution >= 4 is 39.7 Å². The van der Waals surface area contributed by atoms with E-state index >= 15 is 0 Å². The maximum absolute atomic E-state index is 14.1. The number of halogens is 1. The minimum Gasteiger partial charge on any atom is -0.446 e. The van der Waals surface area contributed by atoms with Crippen molar-refractivity contribution in [3.63, 3.8) is 0 Å². The van der Waals surface area contributed by atoms with E-state index in [0.29, 0.717) is 23.6 Å². The number of ether oxygens (including phenoxy) is 1. The van der Waals surface area contributed by atoms with Gasteiger partial charge in [-0.2, -0.15) is 10.2 Å². The van der Waals surface area contributed by atoms with Crippen molar-refractivity contribution < 1.29 is 13.9 Å². The number of hydrogen-bond acceptors (Lipinski definition) is 7. The third-order valence-electron chi connectivity index (χ3n) is 7.61. The van der Waals surface area contributed by atoms with Gasteiger partial charge in [-0.25, -0.2) is 18.7 Å². The first kappa shape index (κ1) is 25.8. The van der Waals surface area contributed by atoms with Crippen LogP contribution in [0.1, 0.15) is 43.7 Å². The highest BCUT2D eigenvalue weighted by Crippen LogP contribution is 2.35. The molecule has 3 heterocycles. The van der Waals surface area contributed by atoms with Gasteiger partial charge in [-0.3, -0.25) is 10.4 Å². The maximum Gasteiger partial charge on any atom is 0.411 e. The van der Waals surface area contributed by atoms with Gasteiger partial charge in [-0.15, -0.1) is 0 Å². The Morgan fingerprint density at radius 2 is 2.10 bits per heavy atom. The second kappa shape index (κ2) is 10.2. The number of nitrogens with zero attached hydrogens (tertiary/aromatic N) is 5. The molecule has 0 radical (unpaired) electrons. The van der Waals surface area contributed by atoms with Crippen molar-refractivity contribution in [3.8, 4) is 0 Å². The molecule has 1 saturated carbocycles. The third kappa shape index (κ3) is 5.20. The maximum atomic E-state index is 14.1. The largest absolute Gasteiger partial charge is 0.446 e. The summed E-state index contributed by atoms with van der Waals surface area (Å²) >= 11 is 0. The minimum absolute atomic E-state index is 0.163. The van der Waals surface area contributed by atoms with Crippen LogP contribution in [0.5, 0.6) is 0 Å². The van der Waals surface area contributed by atoms with Gasteiger partial charge in [0.2, 0.25) is 0 Å². The molecule has 0 bridgehead atoms. The van der Waals surface area contributed by atoms with Gasteiger partial charge in [0.05, 0.1) is 23.6 Å². The van der Waals surface area contributed by atoms with E-state index in [1.807, 2.05) is 43.0 Å². The lowest BCUT2D eigenvalue weighted by atomic mass is 9.83. The number of nitrogens with two attached hydrogens (primary N) is 1. The van der Waals surface area contributed by atoms with Crippen molar-refractivity contribution in [1.82, 2.24) is 24.8 Å². The number of carbonyl (C=O) groups is 1. The number of rotatable bonds is 6. The molecule has 0 saturated heterocycles. The highest BCUT2D eigenvalue weighted by atomic mass is 19.1. The predicted octanol–water partition coefficient (Wildman–Crippen LogP) is 5.60. The van der Waals surface area contributed by atoms with Crippen LogP contribution in [-0.2, 0) is 11.3 Å². The van der Waals surface area contributed by atoms with E-state index in [0.717, 1.165) is 53.4 Å². The number of anilines is 3. The molecule has 10 nitrogen and oxygen atoms in total. The molecular formula is C29H31FN8O2. The first-order valence-corrected chi connectivity index (χ1v) is 13.3. The SMILES string of the molecule is Cc1c(NC(=O)OC2CCC(C)(N)CC2)cn2ncnc(N(Cc3cccc(F)c3)c3ccc4[nH]ncc4c3)c12. The van der Waals surface area contributed by atoms with E-state index in [-0.39, 0.29) is 17.5 Å². The van der Waals surface area contributed by atoms with Crippen LogP contribution in [0.25, 0.3) is 16.4 Å². The summed E-state index contributed by atoms with van der Waals surface area (Å²) in [5.41, 5.74) is 10.6. The van der Waals surface area contributed by atoms with Crippen LogP contribution in [0.3, 0.4) is 0 Å². The van der Waals surface area contributed by atoms with Gasteiger partial charge in [0.15, 0.2) is 5.82 Å². The molecule has 6 rings (SSSR count). The Morgan fingerprint density at radius 1 is 1.27 bits per heavy atom. The zero-order chi connectivity index (χ0) is 27.9. The minimum atomic E-state index is -0.513. The fourth-order valence-electron chi connectivity index (χ4n) is 5.33. The van der Waals surface area contributed by atoms with Crippen LogP contribution < -0.4 is 16.0 Å². The summed E-state index contributed by atoms with van der Waals surface area (Å²) in [4.78, 5) is 19.5. The summed E-state index contributed by atoms with van der Waals surface area (Å²) in [6.07, 6.45) is 7.39. The molecule has 1 fully saturated rings. The number of aryl methyl sites for hydroxylation is 1. The first-order chi connectivity index (χ1) is 19.3. The average Bonchev–Trinajstić information content (AvgIpc) is 3.52. The quantitative estimate of drug-likeness (QED) is 0.255. The van der Waals surface area contributed by atoms with E-state index in [4.69, 9.17) is 10.5 Å². The lowest BCUT2D eigenvalue weighted by Gasteiger charge is -2.33. The molecule has 2 aromatic carbocycles. The summed E-state index contributed by atoms with van der Waals surface area (Å²) < 4.78 is 21.5. The molecule has 0 unspecified atom stereocenters. The zero-order valence-electron chi connectivity index (χ0n) is 22.4. The van der Waals surface area contributed by atoms with Gasteiger partial charge in [0.1, 0.15) is 23.8 Å². The Morgan fingerprint density at radius 3 is 2.90 bits per heavy atom. The van der Waals surface area contributed by atoms with Crippen LogP contribution in [0.15, 0.2) is 61.2 Å². The molecule has 1 aliphatic carbocycles. The number of carbonyl (C=O) groups excluding carboxylic acids is 1. The number of hydrogen-bond donors (Lipinski definition) is 3. The molecule has 1 aliphatic rings. The Hall–Kier alpha value is -4.51. The fourth-order valence-corrected chi connectivity index (χ4v) is 5.33. The van der Waals surface area contributed by atoms with Gasteiger partial charge >= 0.3 is 6.09 Å². The highest BCUT2D eigenvalue weighted by molar-refractivity contribution is 5.91. The Bertz CT molecular complexity index is 1680. The Labute approximate surface area is 230 Å². The van der Waals surface area contributed by atoms with E-state index in [1.165, 1.54) is 18.5 Å². The van der Waals surface area contributed by atoms with Crippen molar-refractivity contribution in [1.29, 1.82) is 0 Å². The van der Waals surface area contributed by atoms with E-state index in [1.54, 1.807) is 23.0 Å². The summed E-state index contributed by atoms with van der Waals surface area (Å²) in [6.45, 7) is 4.28. The van der Waals surface area contributed by atoms with Crippen molar-refractivity contribution in [2.24, 2.45) is 5.73 Å². The molecular weight excluding hydrogens is 511 g/mol. The van der Waals surface area contributed by atoms with Gasteiger partial charge in [0.25, 0.3) is 0 Å². The molecule has 0 aliphatic heterocycles. The van der Waals surface area contributed by atoms with Crippen molar-refractivity contribution in [3.05, 3.63) is 78.1 Å². The average molecular weight is 543 g/mol. The molecule has 5 aromatic rings. The van der Waals surface area contributed by atoms with Crippen LogP contribution >= 0.6 is 0 Å². The van der Waals surface area contributed by atoms with Crippen LogP contribution in [0.4, 0.5) is 26.4 Å². The number of aromatic nitrogens is 5. The van der Waals surface area contributed by atoms with Crippen LogP contribution in [0, 0.1) is 12.7 Å². The summed E-state index contributed by atoms with van der Waals surface area (Å²) in [6, 6.07) is 12.4. The first-order valence-electron chi connectivity index (χ1n) is 13.3. The number of nitrogens with one attached hydrogen (secondary N) is 2. The van der Waals surface area contributed by atoms with Gasteiger partial charge in [-0.1, -0.05) is 12.1 Å². The summed E-state index contributed by atoms with van der Waals surface area (Å²) in [5.74, 6) is 0.295. The number of fused-ring (bicyclic) bond motifs is 2. The molecule has 4 N–H and O–H groups in total. The van der Waals surface area contributed by atoms with E-state index < -0.39 is 6.09 Å². The zero-order valence-corrected chi connectivity index (χ0v) is 22.4. The third-order valence-corrected chi connectivity index (χ3v) is 7.61. The van der Waals surface area contributed by atoms with Gasteiger partial charge in [0, 0.05) is 28.7 Å². The Kier molecular flexibility index (Phi) is 6.59. The van der Waals surface area contributed by atoms with Crippen molar-refractivity contribution in [2.75, 3.05) is 10.2 Å². The topological polar surface area (TPSA) is 126 Å². The molecule has 206 valence electrons. The molecule has 0 atom stereocenters. The van der Waals surface area contributed by atoms with Crippen LogP contribution in [0.2, 0.25) is 0 Å². The van der Waals surface area contributed by atoms with Crippen molar-refractivity contribution in [2.45, 2.75) is 57.7 Å². The summed E-state index contributed by atoms with van der Waals surface area (Å²) in [7, 11) is 0. The van der Waals surface area contributed by atoms with E-state index in [9.17, 15) is 9.18 Å². The predicted molar refractivity (Wildman–Crippen MR) is 151 cm³/mol. The second-order valence-electron chi connectivity index (χ2n) is 10.8. The number of amides is 1. The molecule has 3 aromatic heterocycles. The fraction of sp³-hybridized carbons (Fsp3) is 0.310. The number of H-pyrrole nitrogens is 1. The molecule has 11 heteroatoms. The second-order valence-corrected chi connectivity index (χ2v) is 10.8. The standard InChI is InChI=1S/C29H31FN8O2/c1-18-25(35-28(39)40-23-8-10-29(2,31)11-9-23)16-38-26(18)27(32-17-34-38)37(15-19-4-3-5-21(30)12-19)22-6-7-24-20(13-22)14-33-36-24/h3-7,12-14,16-17,23H,8-11,15,31H2,1-2H3,(H,33,36)(H,35,39). The van der Waals surface area contributed by atoms with E-state index in [2.05, 4.69) is 25.6 Å².